The molecule has 1 unspecified atom stereocenters. The number of aliphatic imine (C=N–C) groups is 1. The average molecular weight is 521 g/mol. The van der Waals surface area contributed by atoms with E-state index in [2.05, 4.69) is 46.5 Å². The van der Waals surface area contributed by atoms with Crippen molar-refractivity contribution in [1.29, 1.82) is 5.26 Å². The van der Waals surface area contributed by atoms with Crippen LogP contribution < -0.4 is 16.4 Å². The molecule has 4 rings (SSSR count). The molecule has 4 N–H and O–H groups in total. The summed E-state index contributed by atoms with van der Waals surface area (Å²) in [7, 11) is 0. The number of fused-ring (bicyclic) bond motifs is 1. The average Bonchev–Trinajstić information content (AvgIpc) is 2.91. The number of nitrogens with two attached hydrogens (primary N) is 1. The number of piperazine rings is 1. The lowest BCUT2D eigenvalue weighted by atomic mass is 9.97. The minimum Gasteiger partial charge on any atom is -0.335 e. The molecule has 202 valence electrons. The number of anilines is 1. The number of amides is 2. The topological polar surface area (TPSA) is 113 Å². The Kier molecular flexibility index (Phi) is 9.15. The number of benzene rings is 2. The Morgan fingerprint density at radius 2 is 2.05 bits per heavy atom. The fourth-order valence-electron chi connectivity index (χ4n) is 5.18. The second-order valence-electron chi connectivity index (χ2n) is 10.1. The summed E-state index contributed by atoms with van der Waals surface area (Å²) in [5, 5.41) is 15.2. The Labute approximate surface area is 224 Å². The van der Waals surface area contributed by atoms with E-state index in [1.165, 1.54) is 23.3 Å². The van der Waals surface area contributed by atoms with E-state index in [0.717, 1.165) is 38.2 Å². The van der Waals surface area contributed by atoms with Crippen LogP contribution in [-0.4, -0.2) is 72.0 Å². The van der Waals surface area contributed by atoms with Crippen LogP contribution in [0.5, 0.6) is 0 Å². The number of carbonyl (C=O) groups is 1. The molecule has 1 atom stereocenters. The van der Waals surface area contributed by atoms with E-state index in [4.69, 9.17) is 10.7 Å². The zero-order valence-corrected chi connectivity index (χ0v) is 22.2. The first-order chi connectivity index (χ1) is 18.4. The summed E-state index contributed by atoms with van der Waals surface area (Å²) in [5.74, 6) is 0.282. The van der Waals surface area contributed by atoms with Gasteiger partial charge in [0.1, 0.15) is 5.82 Å². The number of rotatable bonds is 6. The first kappa shape index (κ1) is 27.4. The maximum absolute atomic E-state index is 13.6. The molecule has 2 aromatic rings. The summed E-state index contributed by atoms with van der Waals surface area (Å²) in [6.45, 7) is 9.08. The number of hydrogen-bond donors (Lipinski definition) is 3. The number of carbonyl (C=O) groups excluding carboxylic acids is 1. The van der Waals surface area contributed by atoms with E-state index >= 15 is 0 Å². The normalized spacial score (nSPS) is 18.2. The van der Waals surface area contributed by atoms with Gasteiger partial charge in [-0.05, 0) is 67.2 Å². The Morgan fingerprint density at radius 1 is 1.24 bits per heavy atom. The summed E-state index contributed by atoms with van der Waals surface area (Å²) in [6, 6.07) is 11.7. The lowest BCUT2D eigenvalue weighted by molar-refractivity contribution is 0.118. The van der Waals surface area contributed by atoms with Crippen molar-refractivity contribution in [3.8, 4) is 6.19 Å². The predicted molar refractivity (Wildman–Crippen MR) is 147 cm³/mol. The Bertz CT molecular complexity index is 1190. The van der Waals surface area contributed by atoms with Crippen LogP contribution in [0.3, 0.4) is 0 Å². The standard InChI is InChI=1S/C28H37FN8O/c1-20(2)26-18-36(28(38)33-23-8-4-7-22(29)16-23)14-15-37(26)27(32-19-31)34-25-9-3-6-21-17-35(12-5-11-30)13-10-24(21)25/h3-4,6-9,16,20,26H,5,10-15,17-18,30H2,1-2H3,(H,32,34)(H,33,38). The summed E-state index contributed by atoms with van der Waals surface area (Å²) in [6.07, 6.45) is 3.92. The SMILES string of the molecule is CC(C)C1CN(C(=O)Nc2cccc(F)c2)CCN1C(=Nc1cccc2c1CCN(CCCN)C2)NC#N. The third-order valence-electron chi connectivity index (χ3n) is 7.22. The third-order valence-corrected chi connectivity index (χ3v) is 7.22. The van der Waals surface area contributed by atoms with Gasteiger partial charge in [0.25, 0.3) is 0 Å². The van der Waals surface area contributed by atoms with Gasteiger partial charge in [0.15, 0.2) is 6.19 Å². The minimum absolute atomic E-state index is 0.0621. The van der Waals surface area contributed by atoms with Crippen molar-refractivity contribution in [3.05, 3.63) is 59.4 Å². The van der Waals surface area contributed by atoms with Gasteiger partial charge in [-0.2, -0.15) is 5.26 Å². The highest BCUT2D eigenvalue weighted by Crippen LogP contribution is 2.29. The molecule has 2 aliphatic heterocycles. The van der Waals surface area contributed by atoms with Gasteiger partial charge < -0.3 is 20.9 Å². The first-order valence-corrected chi connectivity index (χ1v) is 13.2. The zero-order valence-electron chi connectivity index (χ0n) is 22.2. The van der Waals surface area contributed by atoms with Crippen molar-refractivity contribution in [1.82, 2.24) is 20.0 Å². The van der Waals surface area contributed by atoms with E-state index < -0.39 is 5.82 Å². The number of nitrogens with zero attached hydrogens (tertiary/aromatic N) is 5. The van der Waals surface area contributed by atoms with Crippen LogP contribution in [0.1, 0.15) is 31.4 Å². The number of nitriles is 1. The monoisotopic (exact) mass is 520 g/mol. The molecule has 0 radical (unpaired) electrons. The lowest BCUT2D eigenvalue weighted by Gasteiger charge is -2.44. The highest BCUT2D eigenvalue weighted by molar-refractivity contribution is 5.90. The number of halogens is 1. The molecular formula is C28H37FN8O. The summed E-state index contributed by atoms with van der Waals surface area (Å²) in [5.41, 5.74) is 9.45. The van der Waals surface area contributed by atoms with Gasteiger partial charge in [0.2, 0.25) is 5.96 Å². The van der Waals surface area contributed by atoms with Gasteiger partial charge in [-0.1, -0.05) is 32.0 Å². The van der Waals surface area contributed by atoms with Crippen LogP contribution in [0.2, 0.25) is 0 Å². The first-order valence-electron chi connectivity index (χ1n) is 13.2. The molecule has 9 nitrogen and oxygen atoms in total. The minimum atomic E-state index is -0.400. The maximum atomic E-state index is 13.6. The number of hydrogen-bond acceptors (Lipinski definition) is 5. The van der Waals surface area contributed by atoms with Gasteiger partial charge in [-0.25, -0.2) is 14.2 Å². The van der Waals surface area contributed by atoms with Gasteiger partial charge in [-0.15, -0.1) is 0 Å². The zero-order chi connectivity index (χ0) is 27.1. The van der Waals surface area contributed by atoms with Crippen LogP contribution in [0.15, 0.2) is 47.5 Å². The molecule has 0 saturated carbocycles. The van der Waals surface area contributed by atoms with Crippen molar-refractivity contribution in [2.24, 2.45) is 16.6 Å². The fraction of sp³-hybridized carbons (Fsp3) is 0.464. The van der Waals surface area contributed by atoms with Crippen LogP contribution >= 0.6 is 0 Å². The molecule has 1 saturated heterocycles. The maximum Gasteiger partial charge on any atom is 0.321 e. The number of nitrogens with one attached hydrogen (secondary N) is 2. The smallest absolute Gasteiger partial charge is 0.321 e. The van der Waals surface area contributed by atoms with Gasteiger partial charge in [0.05, 0.1) is 11.7 Å². The van der Waals surface area contributed by atoms with Crippen molar-refractivity contribution in [2.45, 2.75) is 39.3 Å². The molecule has 0 spiro atoms. The van der Waals surface area contributed by atoms with Crippen molar-refractivity contribution in [2.75, 3.05) is 44.6 Å². The molecule has 38 heavy (non-hydrogen) atoms. The Balaban J connectivity index is 1.53. The Morgan fingerprint density at radius 3 is 2.79 bits per heavy atom. The van der Waals surface area contributed by atoms with Crippen molar-refractivity contribution in [3.63, 3.8) is 0 Å². The lowest BCUT2D eigenvalue weighted by Crippen LogP contribution is -2.60. The van der Waals surface area contributed by atoms with E-state index in [0.29, 0.717) is 37.8 Å². The van der Waals surface area contributed by atoms with Crippen molar-refractivity contribution >= 4 is 23.4 Å². The predicted octanol–water partition coefficient (Wildman–Crippen LogP) is 3.47. The fourth-order valence-corrected chi connectivity index (χ4v) is 5.18. The van der Waals surface area contributed by atoms with Crippen LogP contribution in [0.25, 0.3) is 0 Å². The van der Waals surface area contributed by atoms with E-state index in [-0.39, 0.29) is 18.0 Å². The van der Waals surface area contributed by atoms with E-state index in [1.54, 1.807) is 17.0 Å². The second-order valence-corrected chi connectivity index (χ2v) is 10.1. The molecule has 2 amide bonds. The number of urea groups is 1. The van der Waals surface area contributed by atoms with E-state index in [9.17, 15) is 14.4 Å². The molecule has 2 aromatic carbocycles. The molecular weight excluding hydrogens is 483 g/mol. The third kappa shape index (κ3) is 6.60. The molecule has 1 fully saturated rings. The van der Waals surface area contributed by atoms with Crippen LogP contribution in [0, 0.1) is 23.2 Å². The summed E-state index contributed by atoms with van der Waals surface area (Å²) in [4.78, 5) is 24.2. The van der Waals surface area contributed by atoms with Crippen molar-refractivity contribution < 1.29 is 9.18 Å². The molecule has 10 heteroatoms. The highest BCUT2D eigenvalue weighted by Gasteiger charge is 2.34. The van der Waals surface area contributed by atoms with Gasteiger partial charge in [0, 0.05) is 38.4 Å². The van der Waals surface area contributed by atoms with Gasteiger partial charge >= 0.3 is 6.03 Å². The Hall–Kier alpha value is -3.68. The van der Waals surface area contributed by atoms with Crippen LogP contribution in [-0.2, 0) is 13.0 Å². The molecule has 2 heterocycles. The quantitative estimate of drug-likeness (QED) is 0.233. The summed E-state index contributed by atoms with van der Waals surface area (Å²) >= 11 is 0. The molecule has 0 aromatic heterocycles. The number of guanidine groups is 1. The molecule has 2 aliphatic rings. The largest absolute Gasteiger partial charge is 0.335 e. The van der Waals surface area contributed by atoms with Crippen LogP contribution in [0.4, 0.5) is 20.6 Å². The van der Waals surface area contributed by atoms with Gasteiger partial charge in [-0.3, -0.25) is 10.2 Å². The molecule has 0 bridgehead atoms. The summed E-state index contributed by atoms with van der Waals surface area (Å²) < 4.78 is 13.6. The second kappa shape index (κ2) is 12.7. The molecule has 0 aliphatic carbocycles. The highest BCUT2D eigenvalue weighted by atomic mass is 19.1. The van der Waals surface area contributed by atoms with E-state index in [1.807, 2.05) is 12.1 Å².